The number of anilines is 6. The van der Waals surface area contributed by atoms with Crippen LogP contribution in [0.1, 0.15) is 20.8 Å². The first-order valence-corrected chi connectivity index (χ1v) is 12.1. The molecule has 2 amide bonds. The fraction of sp³-hybridized carbons (Fsp3) is 0. The zero-order valence-electron chi connectivity index (χ0n) is 20.4. The summed E-state index contributed by atoms with van der Waals surface area (Å²) in [6.45, 7) is 0. The Labute approximate surface area is 220 Å². The van der Waals surface area contributed by atoms with E-state index in [4.69, 9.17) is 0 Å². The number of aromatic nitrogens is 1. The van der Waals surface area contributed by atoms with E-state index in [1.807, 2.05) is 109 Å². The van der Waals surface area contributed by atoms with Gasteiger partial charge in [0.15, 0.2) is 0 Å². The minimum absolute atomic E-state index is 0.212. The van der Waals surface area contributed by atoms with Crippen LogP contribution in [0.5, 0.6) is 0 Å². The highest BCUT2D eigenvalue weighted by atomic mass is 16.2. The lowest BCUT2D eigenvalue weighted by Gasteiger charge is -2.10. The summed E-state index contributed by atoms with van der Waals surface area (Å²) in [5.74, 6) is -0.669. The summed E-state index contributed by atoms with van der Waals surface area (Å²) in [4.78, 5) is 29.5. The second-order valence-electron chi connectivity index (χ2n) is 8.48. The Morgan fingerprint density at radius 2 is 0.868 bits per heavy atom. The third kappa shape index (κ3) is 6.41. The number of nitrogens with zero attached hydrogens (tertiary/aromatic N) is 1. The number of para-hydroxylation sites is 2. The molecule has 0 saturated heterocycles. The summed E-state index contributed by atoms with van der Waals surface area (Å²) in [7, 11) is 0. The van der Waals surface area contributed by atoms with E-state index < -0.39 is 0 Å². The van der Waals surface area contributed by atoms with Crippen LogP contribution in [0.25, 0.3) is 0 Å². The normalized spacial score (nSPS) is 10.3. The first kappa shape index (κ1) is 24.3. The predicted octanol–water partition coefficient (Wildman–Crippen LogP) is 7.07. The molecule has 0 aliphatic carbocycles. The molecule has 0 saturated carbocycles. The van der Waals surface area contributed by atoms with Crippen LogP contribution in [0.15, 0.2) is 128 Å². The monoisotopic (exact) mass is 499 g/mol. The second kappa shape index (κ2) is 11.5. The summed E-state index contributed by atoms with van der Waals surface area (Å²) in [6, 6.07) is 37.6. The van der Waals surface area contributed by atoms with E-state index in [0.717, 1.165) is 22.7 Å². The fourth-order valence-electron chi connectivity index (χ4n) is 3.71. The van der Waals surface area contributed by atoms with Gasteiger partial charge >= 0.3 is 0 Å². The standard InChI is InChI=1S/C31H25N5O2/c37-30(35-27-16-12-25(13-17-27)33-23-7-3-1-4-8-23)22-11-20-29(32-21-22)31(38)36-28-18-14-26(15-19-28)34-24-9-5-2-6-10-24/h1-21,33-34H,(H,35,37)(H,36,38). The van der Waals surface area contributed by atoms with Crippen LogP contribution in [-0.2, 0) is 0 Å². The van der Waals surface area contributed by atoms with Crippen LogP contribution >= 0.6 is 0 Å². The Hall–Kier alpha value is -5.43. The third-order valence-electron chi connectivity index (χ3n) is 5.67. The number of benzene rings is 4. The molecule has 4 aromatic carbocycles. The third-order valence-corrected chi connectivity index (χ3v) is 5.67. The van der Waals surface area contributed by atoms with E-state index in [1.165, 1.54) is 12.3 Å². The number of carbonyl (C=O) groups excluding carboxylic acids is 2. The molecular weight excluding hydrogens is 474 g/mol. The van der Waals surface area contributed by atoms with Crippen LogP contribution in [-0.4, -0.2) is 16.8 Å². The highest BCUT2D eigenvalue weighted by Gasteiger charge is 2.11. The van der Waals surface area contributed by atoms with Crippen molar-refractivity contribution in [2.75, 3.05) is 21.3 Å². The van der Waals surface area contributed by atoms with Gasteiger partial charge in [-0.25, -0.2) is 0 Å². The molecule has 7 heteroatoms. The molecule has 0 bridgehead atoms. The number of nitrogens with one attached hydrogen (secondary N) is 4. The van der Waals surface area contributed by atoms with Crippen LogP contribution < -0.4 is 21.3 Å². The maximum absolute atomic E-state index is 12.7. The summed E-state index contributed by atoms with van der Waals surface area (Å²) in [6.07, 6.45) is 1.39. The molecule has 0 spiro atoms. The molecule has 4 N–H and O–H groups in total. The van der Waals surface area contributed by atoms with Gasteiger partial charge in [-0.2, -0.15) is 0 Å². The van der Waals surface area contributed by atoms with Gasteiger partial charge in [0.2, 0.25) is 0 Å². The fourth-order valence-corrected chi connectivity index (χ4v) is 3.71. The van der Waals surface area contributed by atoms with E-state index in [1.54, 1.807) is 6.07 Å². The quantitative estimate of drug-likeness (QED) is 0.183. The Morgan fingerprint density at radius 3 is 1.32 bits per heavy atom. The molecule has 7 nitrogen and oxygen atoms in total. The minimum atomic E-state index is -0.359. The van der Waals surface area contributed by atoms with Crippen molar-refractivity contribution in [2.24, 2.45) is 0 Å². The van der Waals surface area contributed by atoms with E-state index in [-0.39, 0.29) is 17.5 Å². The lowest BCUT2D eigenvalue weighted by Crippen LogP contribution is -2.16. The maximum Gasteiger partial charge on any atom is 0.274 e. The molecule has 0 aliphatic rings. The molecule has 0 unspecified atom stereocenters. The van der Waals surface area contributed by atoms with Gasteiger partial charge in [-0.15, -0.1) is 0 Å². The van der Waals surface area contributed by atoms with E-state index >= 15 is 0 Å². The van der Waals surface area contributed by atoms with Gasteiger partial charge in [0.25, 0.3) is 11.8 Å². The Balaban J connectivity index is 1.14. The molecule has 0 atom stereocenters. The highest BCUT2D eigenvalue weighted by molar-refractivity contribution is 6.06. The van der Waals surface area contributed by atoms with Gasteiger partial charge in [-0.3, -0.25) is 14.6 Å². The lowest BCUT2D eigenvalue weighted by atomic mass is 10.2. The van der Waals surface area contributed by atoms with Crippen LogP contribution in [0, 0.1) is 0 Å². The van der Waals surface area contributed by atoms with E-state index in [0.29, 0.717) is 16.9 Å². The SMILES string of the molecule is O=C(Nc1ccc(Nc2ccccc2)cc1)c1ccc(C(=O)Nc2ccc(Nc3ccccc3)cc2)nc1. The Morgan fingerprint density at radius 1 is 0.447 bits per heavy atom. The Bertz CT molecular complexity index is 1390. The van der Waals surface area contributed by atoms with Crippen molar-refractivity contribution in [2.45, 2.75) is 0 Å². The zero-order chi connectivity index (χ0) is 26.2. The summed E-state index contributed by atoms with van der Waals surface area (Å²) in [5, 5.41) is 12.3. The van der Waals surface area contributed by atoms with Crippen molar-refractivity contribution in [3.8, 4) is 0 Å². The predicted molar refractivity (Wildman–Crippen MR) is 152 cm³/mol. The number of pyridine rings is 1. The average Bonchev–Trinajstić information content (AvgIpc) is 2.96. The van der Waals surface area contributed by atoms with Gasteiger partial charge in [-0.1, -0.05) is 36.4 Å². The highest BCUT2D eigenvalue weighted by Crippen LogP contribution is 2.20. The first-order chi connectivity index (χ1) is 18.6. The molecule has 0 fully saturated rings. The number of carbonyl (C=O) groups is 2. The molecule has 186 valence electrons. The smallest absolute Gasteiger partial charge is 0.274 e. The number of hydrogen-bond acceptors (Lipinski definition) is 5. The maximum atomic E-state index is 12.7. The molecule has 5 aromatic rings. The zero-order valence-corrected chi connectivity index (χ0v) is 20.4. The minimum Gasteiger partial charge on any atom is -0.356 e. The van der Waals surface area contributed by atoms with Crippen molar-refractivity contribution in [3.63, 3.8) is 0 Å². The number of amides is 2. The summed E-state index contributed by atoms with van der Waals surface area (Å²) < 4.78 is 0. The van der Waals surface area contributed by atoms with Crippen molar-refractivity contribution in [1.82, 2.24) is 4.98 Å². The molecule has 0 radical (unpaired) electrons. The lowest BCUT2D eigenvalue weighted by molar-refractivity contribution is 0.101. The second-order valence-corrected chi connectivity index (χ2v) is 8.48. The molecule has 38 heavy (non-hydrogen) atoms. The average molecular weight is 500 g/mol. The van der Waals surface area contributed by atoms with Gasteiger partial charge < -0.3 is 21.3 Å². The number of rotatable bonds is 8. The van der Waals surface area contributed by atoms with Crippen LogP contribution in [0.2, 0.25) is 0 Å². The largest absolute Gasteiger partial charge is 0.356 e. The van der Waals surface area contributed by atoms with E-state index in [9.17, 15) is 9.59 Å². The van der Waals surface area contributed by atoms with Gasteiger partial charge in [-0.05, 0) is 84.9 Å². The Kier molecular flexibility index (Phi) is 7.37. The number of hydrogen-bond donors (Lipinski definition) is 4. The van der Waals surface area contributed by atoms with Crippen molar-refractivity contribution >= 4 is 45.9 Å². The van der Waals surface area contributed by atoms with Gasteiger partial charge in [0, 0.05) is 40.3 Å². The summed E-state index contributed by atoms with van der Waals surface area (Å²) >= 11 is 0. The van der Waals surface area contributed by atoms with E-state index in [2.05, 4.69) is 26.3 Å². The van der Waals surface area contributed by atoms with Crippen molar-refractivity contribution in [3.05, 3.63) is 139 Å². The molecule has 1 aromatic heterocycles. The molecule has 1 heterocycles. The van der Waals surface area contributed by atoms with Crippen LogP contribution in [0.4, 0.5) is 34.1 Å². The summed E-state index contributed by atoms with van der Waals surface area (Å²) in [5.41, 5.74) is 5.64. The van der Waals surface area contributed by atoms with Crippen LogP contribution in [0.3, 0.4) is 0 Å². The molecular formula is C31H25N5O2. The topological polar surface area (TPSA) is 95.2 Å². The first-order valence-electron chi connectivity index (χ1n) is 12.1. The van der Waals surface area contributed by atoms with Gasteiger partial charge in [0.1, 0.15) is 5.69 Å². The van der Waals surface area contributed by atoms with Crippen molar-refractivity contribution < 1.29 is 9.59 Å². The molecule has 0 aliphatic heterocycles. The van der Waals surface area contributed by atoms with Gasteiger partial charge in [0.05, 0.1) is 5.56 Å². The van der Waals surface area contributed by atoms with Crippen molar-refractivity contribution in [1.29, 1.82) is 0 Å². The molecule has 5 rings (SSSR count).